The van der Waals surface area contributed by atoms with Gasteiger partial charge in [-0.25, -0.2) is 8.78 Å². The Bertz CT molecular complexity index is 1740. The van der Waals surface area contributed by atoms with Crippen LogP contribution in [0.1, 0.15) is 44.4 Å². The maximum absolute atomic E-state index is 14.6. The molecular weight excluding hydrogens is 624 g/mol. The van der Waals surface area contributed by atoms with E-state index in [2.05, 4.69) is 48.2 Å². The molecule has 6 rings (SSSR count). The molecule has 0 N–H and O–H groups in total. The van der Waals surface area contributed by atoms with Crippen LogP contribution in [-0.4, -0.2) is 84.1 Å². The summed E-state index contributed by atoms with van der Waals surface area (Å²) in [5.41, 5.74) is 2.61. The maximum atomic E-state index is 14.6. The second-order valence-electron chi connectivity index (χ2n) is 13.3. The average molecular weight is 664 g/mol. The first-order chi connectivity index (χ1) is 22.5. The van der Waals surface area contributed by atoms with Crippen molar-refractivity contribution in [3.05, 3.63) is 64.8 Å². The Labute approximate surface area is 279 Å². The summed E-state index contributed by atoms with van der Waals surface area (Å²) < 4.78 is 34.8. The summed E-state index contributed by atoms with van der Waals surface area (Å²) in [6, 6.07) is 11.2. The zero-order chi connectivity index (χ0) is 33.5. The number of rotatable bonds is 10. The zero-order valence-electron chi connectivity index (χ0n) is 27.1. The van der Waals surface area contributed by atoms with Crippen molar-refractivity contribution in [2.24, 2.45) is 5.41 Å². The van der Waals surface area contributed by atoms with Gasteiger partial charge in [0.25, 0.3) is 5.91 Å². The number of ether oxygens (including phenoxy) is 1. The van der Waals surface area contributed by atoms with Crippen molar-refractivity contribution < 1.29 is 18.3 Å². The van der Waals surface area contributed by atoms with Gasteiger partial charge in [-0.1, -0.05) is 36.4 Å². The molecule has 3 heterocycles. The van der Waals surface area contributed by atoms with Crippen molar-refractivity contribution in [3.8, 4) is 12.1 Å². The van der Waals surface area contributed by atoms with E-state index in [0.717, 1.165) is 41.7 Å². The molecule has 1 saturated carbocycles. The minimum atomic E-state index is -1.04. The summed E-state index contributed by atoms with van der Waals surface area (Å²) in [5, 5.41) is 11.1. The molecule has 1 aliphatic carbocycles. The lowest BCUT2D eigenvalue weighted by molar-refractivity contribution is -0.131. The fourth-order valence-corrected chi connectivity index (χ4v) is 6.95. The summed E-state index contributed by atoms with van der Waals surface area (Å²) in [5.74, 6) is -1.60. The number of nitrogens with zero attached hydrogens (tertiary/aromatic N) is 7. The number of hydrogen-bond donors (Lipinski definition) is 0. The number of aromatic nitrogens is 2. The van der Waals surface area contributed by atoms with Crippen molar-refractivity contribution in [3.63, 3.8) is 0 Å². The molecule has 1 saturated heterocycles. The van der Waals surface area contributed by atoms with Gasteiger partial charge in [0.15, 0.2) is 5.83 Å². The van der Waals surface area contributed by atoms with Crippen LogP contribution in [0.4, 0.5) is 20.3 Å². The van der Waals surface area contributed by atoms with E-state index in [1.807, 2.05) is 18.2 Å². The SMILES string of the molecule is C=C(F)C(=O)N1CCN(c2nc(OCC3(CN(C)C(C)C)CC3)nc3c2CCN(c2cccc4ccc(F)c(Cl)c24)C3)CC1CC#N. The molecule has 1 unspecified atom stereocenters. The van der Waals surface area contributed by atoms with Crippen LogP contribution in [-0.2, 0) is 17.8 Å². The second-order valence-corrected chi connectivity index (χ2v) is 13.7. The maximum Gasteiger partial charge on any atom is 0.318 e. The number of halogens is 3. The zero-order valence-corrected chi connectivity index (χ0v) is 27.9. The van der Waals surface area contributed by atoms with Gasteiger partial charge in [-0.2, -0.15) is 15.2 Å². The Kier molecular flexibility index (Phi) is 9.27. The molecule has 12 heteroatoms. The van der Waals surface area contributed by atoms with Crippen LogP contribution in [0.25, 0.3) is 10.8 Å². The third kappa shape index (κ3) is 6.72. The van der Waals surface area contributed by atoms with Crippen molar-refractivity contribution in [1.29, 1.82) is 5.26 Å². The number of carbonyl (C=O) groups is 1. The molecule has 9 nitrogen and oxygen atoms in total. The van der Waals surface area contributed by atoms with Crippen LogP contribution < -0.4 is 14.5 Å². The molecule has 2 aliphatic heterocycles. The van der Waals surface area contributed by atoms with Gasteiger partial charge in [0.2, 0.25) is 0 Å². The van der Waals surface area contributed by atoms with Crippen LogP contribution in [0.3, 0.4) is 0 Å². The number of anilines is 2. The number of piperazine rings is 1. The van der Waals surface area contributed by atoms with Gasteiger partial charge in [-0.15, -0.1) is 0 Å². The first kappa shape index (κ1) is 32.9. The molecule has 2 fully saturated rings. The van der Waals surface area contributed by atoms with Gasteiger partial charge in [0.05, 0.1) is 42.4 Å². The molecule has 1 aromatic heterocycles. The lowest BCUT2D eigenvalue weighted by Gasteiger charge is -2.42. The van der Waals surface area contributed by atoms with E-state index in [0.29, 0.717) is 56.5 Å². The predicted molar refractivity (Wildman–Crippen MR) is 179 cm³/mol. The first-order valence-electron chi connectivity index (χ1n) is 16.1. The second kappa shape index (κ2) is 13.2. The summed E-state index contributed by atoms with van der Waals surface area (Å²) in [7, 11) is 2.12. The van der Waals surface area contributed by atoms with E-state index in [1.165, 1.54) is 11.0 Å². The van der Waals surface area contributed by atoms with Gasteiger partial charge in [0.1, 0.15) is 11.6 Å². The highest BCUT2D eigenvalue weighted by Gasteiger charge is 2.45. The quantitative estimate of drug-likeness (QED) is 0.248. The number of fused-ring (bicyclic) bond motifs is 2. The summed E-state index contributed by atoms with van der Waals surface area (Å²) >= 11 is 6.50. The van der Waals surface area contributed by atoms with Crippen molar-refractivity contribution in [1.82, 2.24) is 19.8 Å². The van der Waals surface area contributed by atoms with E-state index in [1.54, 1.807) is 6.07 Å². The largest absolute Gasteiger partial charge is 0.463 e. The summed E-state index contributed by atoms with van der Waals surface area (Å²) in [4.78, 5) is 30.4. The Morgan fingerprint density at radius 1 is 1.21 bits per heavy atom. The highest BCUT2D eigenvalue weighted by molar-refractivity contribution is 6.36. The number of nitriles is 1. The average Bonchev–Trinajstić information content (AvgIpc) is 3.83. The molecule has 0 radical (unpaired) electrons. The van der Waals surface area contributed by atoms with Crippen LogP contribution in [0, 0.1) is 22.6 Å². The Morgan fingerprint density at radius 3 is 2.70 bits per heavy atom. The molecule has 1 atom stereocenters. The molecule has 1 amide bonds. The number of amides is 1. The molecule has 0 spiro atoms. The Hall–Kier alpha value is -4.01. The number of hydrogen-bond acceptors (Lipinski definition) is 8. The van der Waals surface area contributed by atoms with E-state index < -0.39 is 23.6 Å². The third-order valence-corrected chi connectivity index (χ3v) is 10.2. The van der Waals surface area contributed by atoms with Crippen LogP contribution in [0.15, 0.2) is 42.7 Å². The Morgan fingerprint density at radius 2 is 2.00 bits per heavy atom. The van der Waals surface area contributed by atoms with E-state index in [4.69, 9.17) is 26.3 Å². The normalized spacial score (nSPS) is 18.8. The minimum absolute atomic E-state index is 0.0459. The topological polar surface area (TPSA) is 88.8 Å². The van der Waals surface area contributed by atoms with Crippen molar-refractivity contribution in [2.75, 3.05) is 56.2 Å². The molecule has 0 bridgehead atoms. The molecule has 2 aromatic carbocycles. The number of benzene rings is 2. The van der Waals surface area contributed by atoms with Gasteiger partial charge in [0, 0.05) is 60.8 Å². The third-order valence-electron chi connectivity index (χ3n) is 9.81. The van der Waals surface area contributed by atoms with Gasteiger partial charge >= 0.3 is 6.01 Å². The van der Waals surface area contributed by atoms with Gasteiger partial charge in [-0.05, 0) is 57.7 Å². The smallest absolute Gasteiger partial charge is 0.318 e. The molecule has 248 valence electrons. The molecule has 3 aromatic rings. The van der Waals surface area contributed by atoms with Gasteiger partial charge in [-0.3, -0.25) is 4.79 Å². The lowest BCUT2D eigenvalue weighted by atomic mass is 10.0. The molecule has 3 aliphatic rings. The monoisotopic (exact) mass is 663 g/mol. The first-order valence-corrected chi connectivity index (χ1v) is 16.5. The Balaban J connectivity index is 1.34. The molecular formula is C35H40ClF2N7O2. The van der Waals surface area contributed by atoms with E-state index in [9.17, 15) is 18.8 Å². The van der Waals surface area contributed by atoms with Crippen molar-refractivity contribution >= 4 is 39.8 Å². The highest BCUT2D eigenvalue weighted by Crippen LogP contribution is 2.47. The highest BCUT2D eigenvalue weighted by atomic mass is 35.5. The van der Waals surface area contributed by atoms with E-state index in [-0.39, 0.29) is 29.4 Å². The standard InChI is InChI=1S/C35H40ClF2N7O2/c1-22(2)42(4)20-35(12-13-35)21-47-34-40-28-19-43(29-7-5-6-24-8-9-27(38)31(36)30(24)29)15-11-26(28)32(41-34)44-16-17-45(33(46)23(3)37)25(18-44)10-14-39/h5-9,22,25H,3,10-13,15-21H2,1-2,4H3. The number of carbonyl (C=O) groups excluding carboxylic acids is 1. The fraction of sp³-hybridized carbons (Fsp3) is 0.486. The summed E-state index contributed by atoms with van der Waals surface area (Å²) in [6.45, 7) is 10.9. The van der Waals surface area contributed by atoms with Crippen molar-refractivity contribution in [2.45, 2.75) is 58.2 Å². The van der Waals surface area contributed by atoms with Crippen LogP contribution >= 0.6 is 11.6 Å². The minimum Gasteiger partial charge on any atom is -0.463 e. The van der Waals surface area contributed by atoms with Crippen LogP contribution in [0.5, 0.6) is 6.01 Å². The molecule has 47 heavy (non-hydrogen) atoms. The van der Waals surface area contributed by atoms with E-state index >= 15 is 0 Å². The predicted octanol–water partition coefficient (Wildman–Crippen LogP) is 5.90. The summed E-state index contributed by atoms with van der Waals surface area (Å²) in [6.07, 6.45) is 2.78. The fourth-order valence-electron chi connectivity index (χ4n) is 6.68. The van der Waals surface area contributed by atoms with Crippen LogP contribution in [0.2, 0.25) is 5.02 Å². The van der Waals surface area contributed by atoms with Gasteiger partial charge < -0.3 is 24.3 Å². The lowest BCUT2D eigenvalue weighted by Crippen LogP contribution is -2.55.